The first-order chi connectivity index (χ1) is 15.1. The van der Waals surface area contributed by atoms with E-state index in [1.165, 1.54) is 6.20 Å². The molecule has 0 aliphatic carbocycles. The van der Waals surface area contributed by atoms with Crippen molar-refractivity contribution in [3.8, 4) is 22.4 Å². The van der Waals surface area contributed by atoms with Crippen LogP contribution in [0.5, 0.6) is 0 Å². The summed E-state index contributed by atoms with van der Waals surface area (Å²) in [5, 5.41) is 0. The molecule has 0 spiro atoms. The number of fused-ring (bicyclic) bond motifs is 1. The fraction of sp³-hybridized carbons (Fsp3) is 0. The Labute approximate surface area is 179 Å². The number of nitrogens with one attached hydrogen (secondary N) is 1. The van der Waals surface area contributed by atoms with E-state index in [0.29, 0.717) is 5.69 Å². The van der Waals surface area contributed by atoms with Crippen LogP contribution in [0.25, 0.3) is 28.0 Å². The average Bonchev–Trinajstić information content (AvgIpc) is 3.23. The number of aromatic nitrogens is 4. The van der Waals surface area contributed by atoms with Gasteiger partial charge in [-0.2, -0.15) is 0 Å². The summed E-state index contributed by atoms with van der Waals surface area (Å²) in [4.78, 5) is 13.1. The predicted octanol–water partition coefficient (Wildman–Crippen LogP) is 4.26. The Morgan fingerprint density at radius 1 is 0.774 bits per heavy atom. The molecule has 0 aliphatic rings. The smallest absolute Gasteiger partial charge is 0.261 e. The Morgan fingerprint density at radius 3 is 2.42 bits per heavy atom. The molecule has 1 aromatic carbocycles. The van der Waals surface area contributed by atoms with E-state index >= 15 is 0 Å². The molecular weight excluding hydrogens is 410 g/mol. The second-order valence-electron chi connectivity index (χ2n) is 6.91. The fourth-order valence-corrected chi connectivity index (χ4v) is 4.40. The summed E-state index contributed by atoms with van der Waals surface area (Å²) < 4.78 is 29.8. The van der Waals surface area contributed by atoms with Gasteiger partial charge in [0.2, 0.25) is 0 Å². The molecule has 0 radical (unpaired) electrons. The molecule has 0 bridgehead atoms. The highest BCUT2D eigenvalue weighted by molar-refractivity contribution is 7.92. The Morgan fingerprint density at radius 2 is 1.61 bits per heavy atom. The Hall–Kier alpha value is -4.04. The third kappa shape index (κ3) is 3.76. The Kier molecular flexibility index (Phi) is 4.68. The van der Waals surface area contributed by atoms with E-state index in [1.54, 1.807) is 61.2 Å². The highest BCUT2D eigenvalue weighted by Crippen LogP contribution is 2.26. The van der Waals surface area contributed by atoms with Gasteiger partial charge in [-0.3, -0.25) is 19.1 Å². The molecule has 152 valence electrons. The zero-order valence-electron chi connectivity index (χ0n) is 16.3. The first kappa shape index (κ1) is 19.0. The maximum Gasteiger partial charge on any atom is 0.261 e. The summed E-state index contributed by atoms with van der Waals surface area (Å²) in [7, 11) is -3.69. The second kappa shape index (κ2) is 7.66. The van der Waals surface area contributed by atoms with Crippen LogP contribution in [0, 0.1) is 0 Å². The molecule has 5 aromatic rings. The Bertz CT molecular complexity index is 1470. The molecule has 0 unspecified atom stereocenters. The molecule has 4 aromatic heterocycles. The lowest BCUT2D eigenvalue weighted by atomic mass is 10.1. The molecule has 4 heterocycles. The van der Waals surface area contributed by atoms with Gasteiger partial charge >= 0.3 is 0 Å². The molecule has 0 amide bonds. The van der Waals surface area contributed by atoms with Gasteiger partial charge in [-0.15, -0.1) is 0 Å². The molecule has 7 nitrogen and oxygen atoms in total. The SMILES string of the molecule is O=S(=O)(Nc1cncc(-c2ccc3ncc(-c4cccnc4)n3c2)c1)c1ccccc1. The average molecular weight is 427 g/mol. The molecule has 0 atom stereocenters. The number of rotatable bonds is 5. The lowest BCUT2D eigenvalue weighted by molar-refractivity contribution is 0.601. The number of sulfonamides is 1. The van der Waals surface area contributed by atoms with E-state index in [-0.39, 0.29) is 4.90 Å². The highest BCUT2D eigenvalue weighted by atomic mass is 32.2. The van der Waals surface area contributed by atoms with Crippen molar-refractivity contribution < 1.29 is 8.42 Å². The quantitative estimate of drug-likeness (QED) is 0.453. The van der Waals surface area contributed by atoms with Crippen LogP contribution in [0.3, 0.4) is 0 Å². The lowest BCUT2D eigenvalue weighted by Crippen LogP contribution is -2.13. The van der Waals surface area contributed by atoms with E-state index in [0.717, 1.165) is 28.0 Å². The van der Waals surface area contributed by atoms with Gasteiger partial charge in [-0.25, -0.2) is 13.4 Å². The lowest BCUT2D eigenvalue weighted by Gasteiger charge is -2.10. The van der Waals surface area contributed by atoms with Crippen LogP contribution in [0.2, 0.25) is 0 Å². The van der Waals surface area contributed by atoms with Crippen LogP contribution in [-0.2, 0) is 10.0 Å². The minimum Gasteiger partial charge on any atom is -0.299 e. The van der Waals surface area contributed by atoms with Gasteiger partial charge in [0.25, 0.3) is 10.0 Å². The third-order valence-electron chi connectivity index (χ3n) is 4.84. The molecule has 8 heteroatoms. The van der Waals surface area contributed by atoms with Crippen LogP contribution in [-0.4, -0.2) is 27.8 Å². The highest BCUT2D eigenvalue weighted by Gasteiger charge is 2.14. The maximum absolute atomic E-state index is 12.6. The molecular formula is C23H17N5O2S. The van der Waals surface area contributed by atoms with Crippen molar-refractivity contribution >= 4 is 21.4 Å². The van der Waals surface area contributed by atoms with Crippen molar-refractivity contribution in [2.45, 2.75) is 4.90 Å². The number of anilines is 1. The zero-order chi connectivity index (χ0) is 21.3. The van der Waals surface area contributed by atoms with Crippen molar-refractivity contribution in [3.63, 3.8) is 0 Å². The standard InChI is InChI=1S/C23H17N5O2S/c29-31(30,21-6-2-1-3-7-21)27-20-11-19(13-25-14-20)18-8-9-23-26-15-22(28(23)16-18)17-5-4-10-24-12-17/h1-16,27H. The van der Waals surface area contributed by atoms with Gasteiger partial charge in [0.1, 0.15) is 5.65 Å². The molecule has 0 fully saturated rings. The summed E-state index contributed by atoms with van der Waals surface area (Å²) in [5.74, 6) is 0. The normalized spacial score (nSPS) is 11.5. The Balaban J connectivity index is 1.51. The molecule has 1 N–H and O–H groups in total. The summed E-state index contributed by atoms with van der Waals surface area (Å²) in [6.45, 7) is 0. The molecule has 0 saturated carbocycles. The van der Waals surface area contributed by atoms with Crippen LogP contribution in [0.1, 0.15) is 0 Å². The molecule has 0 saturated heterocycles. The number of hydrogen-bond acceptors (Lipinski definition) is 5. The minimum absolute atomic E-state index is 0.196. The summed E-state index contributed by atoms with van der Waals surface area (Å²) in [6.07, 6.45) is 10.5. The van der Waals surface area contributed by atoms with E-state index in [2.05, 4.69) is 19.7 Å². The van der Waals surface area contributed by atoms with Gasteiger partial charge in [-0.05, 0) is 42.5 Å². The molecule has 0 aliphatic heterocycles. The molecule has 5 rings (SSSR count). The predicted molar refractivity (Wildman–Crippen MR) is 119 cm³/mol. The zero-order valence-corrected chi connectivity index (χ0v) is 17.1. The van der Waals surface area contributed by atoms with Gasteiger partial charge in [0.05, 0.1) is 28.7 Å². The third-order valence-corrected chi connectivity index (χ3v) is 6.24. The minimum atomic E-state index is -3.69. The van der Waals surface area contributed by atoms with Crippen molar-refractivity contribution in [3.05, 3.63) is 97.8 Å². The van der Waals surface area contributed by atoms with Crippen LogP contribution < -0.4 is 4.72 Å². The number of benzene rings is 1. The van der Waals surface area contributed by atoms with Crippen molar-refractivity contribution in [2.24, 2.45) is 0 Å². The topological polar surface area (TPSA) is 89.2 Å². The number of imidazole rings is 1. The van der Waals surface area contributed by atoms with Gasteiger partial charge in [0, 0.05) is 41.5 Å². The van der Waals surface area contributed by atoms with Crippen LogP contribution >= 0.6 is 0 Å². The van der Waals surface area contributed by atoms with E-state index in [9.17, 15) is 8.42 Å². The summed E-state index contributed by atoms with van der Waals surface area (Å²) in [5.41, 5.74) is 4.72. The first-order valence-electron chi connectivity index (χ1n) is 9.51. The fourth-order valence-electron chi connectivity index (χ4n) is 3.35. The van der Waals surface area contributed by atoms with Crippen LogP contribution in [0.4, 0.5) is 5.69 Å². The maximum atomic E-state index is 12.6. The summed E-state index contributed by atoms with van der Waals surface area (Å²) >= 11 is 0. The monoisotopic (exact) mass is 427 g/mol. The van der Waals surface area contributed by atoms with Gasteiger partial charge in [-0.1, -0.05) is 18.2 Å². The van der Waals surface area contributed by atoms with Crippen molar-refractivity contribution in [1.29, 1.82) is 0 Å². The number of nitrogens with zero attached hydrogens (tertiary/aromatic N) is 4. The first-order valence-corrected chi connectivity index (χ1v) is 11.0. The van der Waals surface area contributed by atoms with E-state index in [4.69, 9.17) is 0 Å². The van der Waals surface area contributed by atoms with Crippen molar-refractivity contribution in [1.82, 2.24) is 19.4 Å². The van der Waals surface area contributed by atoms with E-state index < -0.39 is 10.0 Å². The van der Waals surface area contributed by atoms with Crippen LogP contribution in [0.15, 0.2) is 103 Å². The van der Waals surface area contributed by atoms with Gasteiger partial charge in [0.15, 0.2) is 0 Å². The van der Waals surface area contributed by atoms with Gasteiger partial charge < -0.3 is 0 Å². The molecule has 31 heavy (non-hydrogen) atoms. The number of hydrogen-bond donors (Lipinski definition) is 1. The second-order valence-corrected chi connectivity index (χ2v) is 8.59. The van der Waals surface area contributed by atoms with Crippen molar-refractivity contribution in [2.75, 3.05) is 4.72 Å². The number of pyridine rings is 3. The summed E-state index contributed by atoms with van der Waals surface area (Å²) in [6, 6.07) is 17.7. The van der Waals surface area contributed by atoms with E-state index in [1.807, 2.05) is 34.9 Å². The largest absolute Gasteiger partial charge is 0.299 e.